The van der Waals surface area contributed by atoms with Gasteiger partial charge in [0.15, 0.2) is 0 Å². The lowest BCUT2D eigenvalue weighted by atomic mass is 9.99. The highest BCUT2D eigenvalue weighted by atomic mass is 16.6. The number of benzene rings is 1. The fraction of sp³-hybridized carbons (Fsp3) is 0.417. The number of aryl methyl sites for hydroxylation is 2. The first kappa shape index (κ1) is 10.0. The summed E-state index contributed by atoms with van der Waals surface area (Å²) in [4.78, 5) is 11.1. The van der Waals surface area contributed by atoms with E-state index in [1.54, 1.807) is 0 Å². The van der Waals surface area contributed by atoms with Gasteiger partial charge in [-0.15, -0.1) is 0 Å². The van der Waals surface area contributed by atoms with Crippen LogP contribution in [0.15, 0.2) is 18.2 Å². The monoisotopic (exact) mass is 205 g/mol. The number of ether oxygens (including phenoxy) is 1. The Balaban J connectivity index is 2.33. The van der Waals surface area contributed by atoms with Gasteiger partial charge in [-0.25, -0.2) is 4.79 Å². The van der Waals surface area contributed by atoms with E-state index in [0.29, 0.717) is 0 Å². The Hall–Kier alpha value is -1.51. The molecule has 2 atom stereocenters. The van der Waals surface area contributed by atoms with Crippen LogP contribution in [0.1, 0.15) is 29.7 Å². The number of nitrogens with one attached hydrogen (secondary N) is 1. The molecule has 0 aliphatic carbocycles. The Morgan fingerprint density at radius 3 is 2.27 bits per heavy atom. The second-order valence-electron chi connectivity index (χ2n) is 4.15. The zero-order valence-electron chi connectivity index (χ0n) is 9.20. The lowest BCUT2D eigenvalue weighted by Crippen LogP contribution is -2.21. The van der Waals surface area contributed by atoms with E-state index in [9.17, 15) is 4.79 Å². The quantitative estimate of drug-likeness (QED) is 0.764. The Kier molecular flexibility index (Phi) is 2.39. The fourth-order valence-corrected chi connectivity index (χ4v) is 2.06. The molecule has 2 rings (SSSR count). The lowest BCUT2D eigenvalue weighted by molar-refractivity contribution is 0.141. The van der Waals surface area contributed by atoms with Gasteiger partial charge >= 0.3 is 6.09 Å². The van der Waals surface area contributed by atoms with Crippen molar-refractivity contribution in [1.82, 2.24) is 5.32 Å². The van der Waals surface area contributed by atoms with E-state index in [0.717, 1.165) is 5.56 Å². The molecular formula is C12H15NO2. The minimum atomic E-state index is -0.327. The first-order chi connectivity index (χ1) is 7.06. The molecular weight excluding hydrogens is 190 g/mol. The number of amides is 1. The van der Waals surface area contributed by atoms with Gasteiger partial charge in [0, 0.05) is 0 Å². The maximum atomic E-state index is 11.1. The topological polar surface area (TPSA) is 38.3 Å². The Labute approximate surface area is 89.4 Å². The van der Waals surface area contributed by atoms with Crippen LogP contribution in [0.4, 0.5) is 4.79 Å². The van der Waals surface area contributed by atoms with Gasteiger partial charge in [0.25, 0.3) is 0 Å². The van der Waals surface area contributed by atoms with Crippen molar-refractivity contribution in [3.05, 3.63) is 34.9 Å². The zero-order valence-corrected chi connectivity index (χ0v) is 9.20. The highest BCUT2D eigenvalue weighted by Gasteiger charge is 2.31. The van der Waals surface area contributed by atoms with Crippen LogP contribution in [0.5, 0.6) is 0 Å². The normalized spacial score (nSPS) is 24.9. The summed E-state index contributed by atoms with van der Waals surface area (Å²) in [7, 11) is 0. The van der Waals surface area contributed by atoms with Crippen molar-refractivity contribution in [2.24, 2.45) is 0 Å². The summed E-state index contributed by atoms with van der Waals surface area (Å²) >= 11 is 0. The van der Waals surface area contributed by atoms with Crippen molar-refractivity contribution in [2.45, 2.75) is 32.9 Å². The first-order valence-electron chi connectivity index (χ1n) is 5.11. The van der Waals surface area contributed by atoms with Gasteiger partial charge in [0.2, 0.25) is 0 Å². The predicted octanol–water partition coefficient (Wildman–Crippen LogP) is 2.47. The van der Waals surface area contributed by atoms with Crippen LogP contribution in [0.2, 0.25) is 0 Å². The number of hydrogen-bond donors (Lipinski definition) is 1. The first-order valence-corrected chi connectivity index (χ1v) is 5.11. The molecule has 1 N–H and O–H groups in total. The number of carbonyl (C=O) groups is 1. The molecule has 1 heterocycles. The minimum absolute atomic E-state index is 0.0175. The zero-order chi connectivity index (χ0) is 11.0. The van der Waals surface area contributed by atoms with E-state index in [2.05, 4.69) is 37.4 Å². The number of hydrogen-bond acceptors (Lipinski definition) is 2. The number of rotatable bonds is 1. The van der Waals surface area contributed by atoms with Crippen LogP contribution >= 0.6 is 0 Å². The molecule has 80 valence electrons. The third-order valence-corrected chi connectivity index (χ3v) is 2.64. The van der Waals surface area contributed by atoms with Crippen molar-refractivity contribution in [2.75, 3.05) is 0 Å². The Bertz CT molecular complexity index is 380. The summed E-state index contributed by atoms with van der Waals surface area (Å²) in [5, 5.41) is 2.81. The molecule has 1 aliphatic heterocycles. The van der Waals surface area contributed by atoms with Gasteiger partial charge in [-0.3, -0.25) is 0 Å². The second kappa shape index (κ2) is 3.57. The smallest absolute Gasteiger partial charge is 0.408 e. The maximum Gasteiger partial charge on any atom is 0.408 e. The van der Waals surface area contributed by atoms with Gasteiger partial charge in [0.05, 0.1) is 6.04 Å². The standard InChI is InChI=1S/C12H15NO2/c1-7-4-8(2)6-10(5-7)11-9(3)15-12(14)13-11/h4-6,9,11H,1-3H3,(H,13,14). The van der Waals surface area contributed by atoms with Crippen molar-refractivity contribution in [3.63, 3.8) is 0 Å². The highest BCUT2D eigenvalue weighted by Crippen LogP contribution is 2.25. The fourth-order valence-electron chi connectivity index (χ4n) is 2.06. The van der Waals surface area contributed by atoms with Crippen LogP contribution in [0.3, 0.4) is 0 Å². The van der Waals surface area contributed by atoms with Crippen LogP contribution < -0.4 is 5.32 Å². The summed E-state index contributed by atoms with van der Waals surface area (Å²) in [6.45, 7) is 6.01. The SMILES string of the molecule is Cc1cc(C)cc(C2NC(=O)OC2C)c1. The molecule has 1 aromatic carbocycles. The van der Waals surface area contributed by atoms with E-state index < -0.39 is 0 Å². The van der Waals surface area contributed by atoms with E-state index in [1.165, 1.54) is 11.1 Å². The summed E-state index contributed by atoms with van der Waals surface area (Å²) in [6.07, 6.45) is -0.426. The summed E-state index contributed by atoms with van der Waals surface area (Å²) in [5.74, 6) is 0. The molecule has 0 bridgehead atoms. The Morgan fingerprint density at radius 1 is 1.20 bits per heavy atom. The van der Waals surface area contributed by atoms with E-state index in [-0.39, 0.29) is 18.2 Å². The van der Waals surface area contributed by atoms with Crippen LogP contribution in [-0.4, -0.2) is 12.2 Å². The average Bonchev–Trinajstić information content (AvgIpc) is 2.43. The predicted molar refractivity (Wildman–Crippen MR) is 57.7 cm³/mol. The van der Waals surface area contributed by atoms with E-state index in [1.807, 2.05) is 6.92 Å². The maximum absolute atomic E-state index is 11.1. The van der Waals surface area contributed by atoms with Crippen molar-refractivity contribution in [1.29, 1.82) is 0 Å². The largest absolute Gasteiger partial charge is 0.444 e. The molecule has 1 fully saturated rings. The van der Waals surface area contributed by atoms with Crippen LogP contribution in [-0.2, 0) is 4.74 Å². The molecule has 15 heavy (non-hydrogen) atoms. The molecule has 0 saturated carbocycles. The average molecular weight is 205 g/mol. The second-order valence-corrected chi connectivity index (χ2v) is 4.15. The Morgan fingerprint density at radius 2 is 1.80 bits per heavy atom. The summed E-state index contributed by atoms with van der Waals surface area (Å²) in [5.41, 5.74) is 3.53. The molecule has 3 heteroatoms. The van der Waals surface area contributed by atoms with Crippen molar-refractivity contribution < 1.29 is 9.53 Å². The minimum Gasteiger partial charge on any atom is -0.444 e. The molecule has 1 aliphatic rings. The molecule has 2 unspecified atom stereocenters. The van der Waals surface area contributed by atoms with Gasteiger partial charge in [0.1, 0.15) is 6.10 Å². The van der Waals surface area contributed by atoms with Crippen LogP contribution in [0, 0.1) is 13.8 Å². The number of carbonyl (C=O) groups excluding carboxylic acids is 1. The molecule has 0 aromatic heterocycles. The molecule has 0 radical (unpaired) electrons. The third kappa shape index (κ3) is 1.96. The lowest BCUT2D eigenvalue weighted by Gasteiger charge is -2.14. The molecule has 1 aromatic rings. The van der Waals surface area contributed by atoms with Gasteiger partial charge in [-0.05, 0) is 26.3 Å². The number of alkyl carbamates (subject to hydrolysis) is 1. The van der Waals surface area contributed by atoms with Gasteiger partial charge < -0.3 is 10.1 Å². The van der Waals surface area contributed by atoms with E-state index >= 15 is 0 Å². The molecule has 0 spiro atoms. The van der Waals surface area contributed by atoms with Gasteiger partial charge in [-0.2, -0.15) is 0 Å². The molecule has 1 saturated heterocycles. The van der Waals surface area contributed by atoms with Gasteiger partial charge in [-0.1, -0.05) is 29.3 Å². The van der Waals surface area contributed by atoms with E-state index in [4.69, 9.17) is 4.74 Å². The number of cyclic esters (lactones) is 1. The molecule has 3 nitrogen and oxygen atoms in total. The summed E-state index contributed by atoms with van der Waals surface area (Å²) in [6, 6.07) is 6.27. The van der Waals surface area contributed by atoms with Crippen molar-refractivity contribution in [3.8, 4) is 0 Å². The van der Waals surface area contributed by atoms with Crippen molar-refractivity contribution >= 4 is 6.09 Å². The highest BCUT2D eigenvalue weighted by molar-refractivity contribution is 5.70. The summed E-state index contributed by atoms with van der Waals surface area (Å²) < 4.78 is 5.06. The third-order valence-electron chi connectivity index (χ3n) is 2.64. The molecule has 1 amide bonds. The van der Waals surface area contributed by atoms with Crippen LogP contribution in [0.25, 0.3) is 0 Å².